The number of rotatable bonds is 11. The van der Waals surface area contributed by atoms with Gasteiger partial charge in [-0.2, -0.15) is 0 Å². The molecule has 0 saturated heterocycles. The molecule has 2 unspecified atom stereocenters. The lowest BCUT2D eigenvalue weighted by Crippen LogP contribution is -2.42. The van der Waals surface area contributed by atoms with Crippen molar-refractivity contribution in [3.63, 3.8) is 0 Å². The molecule has 0 fully saturated rings. The van der Waals surface area contributed by atoms with Crippen LogP contribution in [0.4, 0.5) is 4.79 Å². The van der Waals surface area contributed by atoms with Crippen LogP contribution in [0.5, 0.6) is 0 Å². The van der Waals surface area contributed by atoms with E-state index in [1.165, 1.54) is 11.1 Å². The number of hydrogen-bond donors (Lipinski definition) is 3. The molecule has 0 saturated carbocycles. The van der Waals surface area contributed by atoms with Crippen molar-refractivity contribution in [2.45, 2.75) is 51.5 Å². The van der Waals surface area contributed by atoms with Gasteiger partial charge in [0.1, 0.15) is 12.6 Å². The molecule has 2 aromatic carbocycles. The van der Waals surface area contributed by atoms with Gasteiger partial charge in [0.2, 0.25) is 5.91 Å². The number of aliphatic carboxylic acids is 1. The third kappa shape index (κ3) is 6.12. The molecule has 0 heterocycles. The summed E-state index contributed by atoms with van der Waals surface area (Å²) in [6, 6.07) is 15.4. The van der Waals surface area contributed by atoms with Gasteiger partial charge in [0.15, 0.2) is 0 Å². The maximum atomic E-state index is 12.4. The van der Waals surface area contributed by atoms with Crippen LogP contribution in [-0.4, -0.2) is 42.3 Å². The first kappa shape index (κ1) is 24.3. The van der Waals surface area contributed by atoms with Gasteiger partial charge in [0.25, 0.3) is 0 Å². The molecule has 0 bridgehead atoms. The quantitative estimate of drug-likeness (QED) is 0.471. The van der Waals surface area contributed by atoms with Crippen LogP contribution in [-0.2, 0) is 14.3 Å². The Labute approximate surface area is 194 Å². The Morgan fingerprint density at radius 1 is 1.00 bits per heavy atom. The van der Waals surface area contributed by atoms with Gasteiger partial charge in [-0.1, -0.05) is 75.2 Å². The number of nitrogens with one attached hydrogen (secondary N) is 2. The zero-order chi connectivity index (χ0) is 23.8. The second-order valence-corrected chi connectivity index (χ2v) is 8.43. The van der Waals surface area contributed by atoms with E-state index in [9.17, 15) is 19.5 Å². The molecule has 3 N–H and O–H groups in total. The highest BCUT2D eigenvalue weighted by Gasteiger charge is 2.29. The number of carbonyl (C=O) groups is 3. The molecular weight excluding hydrogens is 420 g/mol. The van der Waals surface area contributed by atoms with E-state index in [-0.39, 0.29) is 37.3 Å². The predicted molar refractivity (Wildman–Crippen MR) is 126 cm³/mol. The van der Waals surface area contributed by atoms with Gasteiger partial charge in [0, 0.05) is 18.9 Å². The Balaban J connectivity index is 1.50. The van der Waals surface area contributed by atoms with Gasteiger partial charge in [-0.05, 0) is 34.6 Å². The number of benzene rings is 2. The summed E-state index contributed by atoms with van der Waals surface area (Å²) in [6.45, 7) is 4.31. The Kier molecular flexibility index (Phi) is 8.46. The molecule has 7 heteroatoms. The fraction of sp³-hybridized carbons (Fsp3) is 0.423. The Morgan fingerprint density at radius 3 is 2.15 bits per heavy atom. The van der Waals surface area contributed by atoms with Crippen LogP contribution >= 0.6 is 0 Å². The fourth-order valence-corrected chi connectivity index (χ4v) is 4.30. The van der Waals surface area contributed by atoms with Crippen LogP contribution in [0.2, 0.25) is 0 Å². The van der Waals surface area contributed by atoms with Gasteiger partial charge < -0.3 is 20.5 Å². The Morgan fingerprint density at radius 2 is 1.61 bits per heavy atom. The average molecular weight is 453 g/mol. The fourth-order valence-electron chi connectivity index (χ4n) is 4.30. The summed E-state index contributed by atoms with van der Waals surface area (Å²) in [5.41, 5.74) is 4.63. The van der Waals surface area contributed by atoms with Crippen LogP contribution < -0.4 is 10.6 Å². The smallest absolute Gasteiger partial charge is 0.407 e. The van der Waals surface area contributed by atoms with Crippen molar-refractivity contribution in [1.29, 1.82) is 0 Å². The minimum absolute atomic E-state index is 0.0117. The highest BCUT2D eigenvalue weighted by atomic mass is 16.5. The molecule has 2 atom stereocenters. The molecule has 2 amide bonds. The van der Waals surface area contributed by atoms with Crippen LogP contribution in [0.3, 0.4) is 0 Å². The maximum Gasteiger partial charge on any atom is 0.407 e. The van der Waals surface area contributed by atoms with E-state index in [1.807, 2.05) is 38.1 Å². The lowest BCUT2D eigenvalue weighted by Gasteiger charge is -2.19. The first-order valence-electron chi connectivity index (χ1n) is 11.6. The normalized spacial score (nSPS) is 14.0. The topological polar surface area (TPSA) is 105 Å². The molecule has 0 radical (unpaired) electrons. The van der Waals surface area contributed by atoms with Gasteiger partial charge in [-0.3, -0.25) is 4.79 Å². The summed E-state index contributed by atoms with van der Waals surface area (Å²) >= 11 is 0. The number of ether oxygens (including phenoxy) is 1. The van der Waals surface area contributed by atoms with Crippen molar-refractivity contribution < 1.29 is 24.2 Å². The summed E-state index contributed by atoms with van der Waals surface area (Å²) in [5.74, 6) is -1.48. The SMILES string of the molecule is CCCC(NC(=O)CC(CC)CNC(=O)OCC1c2ccccc2-c2ccccc21)C(=O)O. The molecule has 0 aromatic heterocycles. The van der Waals surface area contributed by atoms with E-state index in [0.717, 1.165) is 11.1 Å². The molecule has 1 aliphatic rings. The minimum atomic E-state index is -1.03. The van der Waals surface area contributed by atoms with E-state index in [4.69, 9.17) is 4.74 Å². The lowest BCUT2D eigenvalue weighted by molar-refractivity contribution is -0.142. The number of fused-ring (bicyclic) bond motifs is 3. The van der Waals surface area contributed by atoms with Crippen molar-refractivity contribution in [1.82, 2.24) is 10.6 Å². The Bertz CT molecular complexity index is 945. The molecule has 0 spiro atoms. The molecule has 33 heavy (non-hydrogen) atoms. The van der Waals surface area contributed by atoms with Gasteiger partial charge in [0.05, 0.1) is 0 Å². The Hall–Kier alpha value is -3.35. The van der Waals surface area contributed by atoms with Crippen molar-refractivity contribution in [3.8, 4) is 11.1 Å². The number of carboxylic acids is 1. The zero-order valence-electron chi connectivity index (χ0n) is 19.2. The van der Waals surface area contributed by atoms with Crippen molar-refractivity contribution in [3.05, 3.63) is 59.7 Å². The van der Waals surface area contributed by atoms with Crippen molar-refractivity contribution in [2.75, 3.05) is 13.2 Å². The van der Waals surface area contributed by atoms with Crippen molar-refractivity contribution in [2.24, 2.45) is 5.92 Å². The van der Waals surface area contributed by atoms with E-state index < -0.39 is 18.1 Å². The van der Waals surface area contributed by atoms with Crippen LogP contribution in [0.15, 0.2) is 48.5 Å². The number of amides is 2. The van der Waals surface area contributed by atoms with E-state index in [1.54, 1.807) is 0 Å². The maximum absolute atomic E-state index is 12.4. The molecule has 3 rings (SSSR count). The predicted octanol–water partition coefficient (Wildman–Crippen LogP) is 4.31. The standard InChI is InChI=1S/C26H32N2O5/c1-3-9-23(25(30)31)28-24(29)14-17(4-2)15-27-26(32)33-16-22-20-12-7-5-10-18(20)19-11-6-8-13-21(19)22/h5-8,10-13,17,22-23H,3-4,9,14-16H2,1-2H3,(H,27,32)(H,28,29)(H,30,31). The van der Waals surface area contributed by atoms with Gasteiger partial charge in [-0.25, -0.2) is 9.59 Å². The van der Waals surface area contributed by atoms with E-state index in [2.05, 4.69) is 34.9 Å². The highest BCUT2D eigenvalue weighted by Crippen LogP contribution is 2.44. The molecule has 176 valence electrons. The number of hydrogen-bond acceptors (Lipinski definition) is 4. The summed E-state index contributed by atoms with van der Waals surface area (Å²) in [5, 5.41) is 14.5. The number of carbonyl (C=O) groups excluding carboxylic acids is 2. The average Bonchev–Trinajstić information content (AvgIpc) is 3.13. The lowest BCUT2D eigenvalue weighted by atomic mass is 9.98. The van der Waals surface area contributed by atoms with Gasteiger partial charge >= 0.3 is 12.1 Å². The summed E-state index contributed by atoms with van der Waals surface area (Å²) < 4.78 is 5.54. The van der Waals surface area contributed by atoms with E-state index >= 15 is 0 Å². The molecular formula is C26H32N2O5. The second kappa shape index (κ2) is 11.5. The van der Waals surface area contributed by atoms with Crippen LogP contribution in [0.25, 0.3) is 11.1 Å². The minimum Gasteiger partial charge on any atom is -0.480 e. The summed E-state index contributed by atoms with van der Waals surface area (Å²) in [6.07, 6.45) is 1.34. The monoisotopic (exact) mass is 452 g/mol. The molecule has 2 aromatic rings. The molecule has 7 nitrogen and oxygen atoms in total. The van der Waals surface area contributed by atoms with Crippen LogP contribution in [0.1, 0.15) is 56.6 Å². The first-order chi connectivity index (χ1) is 15.9. The first-order valence-corrected chi connectivity index (χ1v) is 11.6. The zero-order valence-corrected chi connectivity index (χ0v) is 19.2. The summed E-state index contributed by atoms with van der Waals surface area (Å²) in [4.78, 5) is 35.9. The van der Waals surface area contributed by atoms with Crippen molar-refractivity contribution >= 4 is 18.0 Å². The second-order valence-electron chi connectivity index (χ2n) is 8.43. The molecule has 1 aliphatic carbocycles. The highest BCUT2D eigenvalue weighted by molar-refractivity contribution is 5.83. The third-order valence-corrected chi connectivity index (χ3v) is 6.14. The molecule has 0 aliphatic heterocycles. The number of carboxylic acid groups (broad SMARTS) is 1. The largest absolute Gasteiger partial charge is 0.480 e. The van der Waals surface area contributed by atoms with Gasteiger partial charge in [-0.15, -0.1) is 0 Å². The third-order valence-electron chi connectivity index (χ3n) is 6.14. The number of alkyl carbamates (subject to hydrolysis) is 1. The summed E-state index contributed by atoms with van der Waals surface area (Å²) in [7, 11) is 0. The van der Waals surface area contributed by atoms with Crippen LogP contribution in [0, 0.1) is 5.92 Å². The van der Waals surface area contributed by atoms with E-state index in [0.29, 0.717) is 19.3 Å².